The molecule has 2 atom stereocenters. The molecule has 2 aromatic carbocycles. The molecule has 2 aromatic rings. The highest BCUT2D eigenvalue weighted by Gasteiger charge is 2.36. The summed E-state index contributed by atoms with van der Waals surface area (Å²) in [6, 6.07) is 13.8. The van der Waals surface area contributed by atoms with Crippen molar-refractivity contribution >= 4 is 17.5 Å². The number of likely N-dealkylation sites (tertiary alicyclic amines) is 1. The maximum atomic E-state index is 13.2. The van der Waals surface area contributed by atoms with Gasteiger partial charge in [0.1, 0.15) is 5.82 Å². The van der Waals surface area contributed by atoms with Gasteiger partial charge in [-0.1, -0.05) is 30.3 Å². The van der Waals surface area contributed by atoms with Crippen LogP contribution in [0.1, 0.15) is 42.3 Å². The molecular weight excluding hydrogens is 319 g/mol. The van der Waals surface area contributed by atoms with Crippen LogP contribution in [0, 0.1) is 5.82 Å². The number of amides is 2. The standard InChI is InChI=1S/C20H19FN2O2/c21-14-9-7-13(8-10-14)18-6-3-11-23(18)19(24)12-16-15-4-1-2-5-17(15)22-20(16)25/h1-2,4-5,7-10,16,18H,3,6,11-12H2,(H,22,25)/t16-,18-/m0/s1. The van der Waals surface area contributed by atoms with E-state index < -0.39 is 5.92 Å². The number of carbonyl (C=O) groups excluding carboxylic acids is 2. The van der Waals surface area contributed by atoms with Gasteiger partial charge < -0.3 is 10.2 Å². The first-order chi connectivity index (χ1) is 12.1. The molecule has 0 saturated carbocycles. The Balaban J connectivity index is 1.53. The second-order valence-electron chi connectivity index (χ2n) is 6.63. The summed E-state index contributed by atoms with van der Waals surface area (Å²) in [6.45, 7) is 0.677. The Hall–Kier alpha value is -2.69. The van der Waals surface area contributed by atoms with Crippen LogP contribution in [-0.2, 0) is 9.59 Å². The molecule has 2 aliphatic rings. The lowest BCUT2D eigenvalue weighted by atomic mass is 9.96. The molecule has 4 rings (SSSR count). The van der Waals surface area contributed by atoms with Crippen molar-refractivity contribution in [2.75, 3.05) is 11.9 Å². The van der Waals surface area contributed by atoms with Crippen molar-refractivity contribution < 1.29 is 14.0 Å². The molecule has 1 N–H and O–H groups in total. The van der Waals surface area contributed by atoms with Gasteiger partial charge in [-0.3, -0.25) is 9.59 Å². The van der Waals surface area contributed by atoms with E-state index in [1.54, 1.807) is 12.1 Å². The van der Waals surface area contributed by atoms with Crippen molar-refractivity contribution in [2.24, 2.45) is 0 Å². The normalized spacial score (nSPS) is 22.0. The Bertz CT molecular complexity index is 819. The van der Waals surface area contributed by atoms with Gasteiger partial charge in [0.15, 0.2) is 0 Å². The first kappa shape index (κ1) is 15.8. The average Bonchev–Trinajstić information content (AvgIpc) is 3.21. The highest BCUT2D eigenvalue weighted by molar-refractivity contribution is 6.04. The predicted octanol–water partition coefficient (Wildman–Crippen LogP) is 3.62. The summed E-state index contributed by atoms with van der Waals surface area (Å²) in [7, 11) is 0. The highest BCUT2D eigenvalue weighted by atomic mass is 19.1. The molecule has 0 aromatic heterocycles. The quantitative estimate of drug-likeness (QED) is 0.929. The Morgan fingerprint density at radius 2 is 1.92 bits per heavy atom. The molecule has 0 spiro atoms. The zero-order valence-electron chi connectivity index (χ0n) is 13.7. The zero-order valence-corrected chi connectivity index (χ0v) is 13.7. The summed E-state index contributed by atoms with van der Waals surface area (Å²) < 4.78 is 13.2. The molecule has 128 valence electrons. The number of para-hydroxylation sites is 1. The predicted molar refractivity (Wildman–Crippen MR) is 92.5 cm³/mol. The van der Waals surface area contributed by atoms with Crippen LogP contribution in [0.5, 0.6) is 0 Å². The molecular formula is C20H19FN2O2. The molecule has 25 heavy (non-hydrogen) atoms. The molecule has 0 radical (unpaired) electrons. The SMILES string of the molecule is O=C1Nc2ccccc2[C@@H]1CC(=O)N1CCC[C@H]1c1ccc(F)cc1. The third-order valence-electron chi connectivity index (χ3n) is 5.12. The smallest absolute Gasteiger partial charge is 0.232 e. The molecule has 1 fully saturated rings. The highest BCUT2D eigenvalue weighted by Crippen LogP contribution is 2.37. The number of nitrogens with one attached hydrogen (secondary N) is 1. The van der Waals surface area contributed by atoms with Crippen molar-refractivity contribution in [3.63, 3.8) is 0 Å². The first-order valence-corrected chi connectivity index (χ1v) is 8.58. The topological polar surface area (TPSA) is 49.4 Å². The molecule has 2 heterocycles. The fourth-order valence-corrected chi connectivity index (χ4v) is 3.87. The Morgan fingerprint density at radius 3 is 2.72 bits per heavy atom. The van der Waals surface area contributed by atoms with Crippen molar-refractivity contribution in [1.82, 2.24) is 4.90 Å². The number of rotatable bonds is 3. The number of benzene rings is 2. The van der Waals surface area contributed by atoms with Crippen LogP contribution in [0.25, 0.3) is 0 Å². The van der Waals surface area contributed by atoms with Crippen LogP contribution in [0.3, 0.4) is 0 Å². The summed E-state index contributed by atoms with van der Waals surface area (Å²) >= 11 is 0. The van der Waals surface area contributed by atoms with Crippen molar-refractivity contribution in [3.05, 3.63) is 65.5 Å². The molecule has 2 amide bonds. The number of carbonyl (C=O) groups is 2. The van der Waals surface area contributed by atoms with Gasteiger partial charge in [-0.15, -0.1) is 0 Å². The van der Waals surface area contributed by atoms with E-state index in [9.17, 15) is 14.0 Å². The molecule has 0 bridgehead atoms. The van der Waals surface area contributed by atoms with E-state index in [0.717, 1.165) is 29.7 Å². The van der Waals surface area contributed by atoms with E-state index in [-0.39, 0.29) is 30.1 Å². The van der Waals surface area contributed by atoms with Crippen molar-refractivity contribution in [3.8, 4) is 0 Å². The second-order valence-corrected chi connectivity index (χ2v) is 6.63. The van der Waals surface area contributed by atoms with Crippen molar-refractivity contribution in [1.29, 1.82) is 0 Å². The van der Waals surface area contributed by atoms with E-state index in [2.05, 4.69) is 5.32 Å². The molecule has 0 unspecified atom stereocenters. The Kier molecular flexibility index (Phi) is 3.99. The summed E-state index contributed by atoms with van der Waals surface area (Å²) in [5, 5.41) is 2.84. The molecule has 1 saturated heterocycles. The summed E-state index contributed by atoms with van der Waals surface area (Å²) in [4.78, 5) is 27.0. The third kappa shape index (κ3) is 2.90. The summed E-state index contributed by atoms with van der Waals surface area (Å²) in [5.74, 6) is -0.854. The van der Waals surface area contributed by atoms with Crippen LogP contribution in [-0.4, -0.2) is 23.3 Å². The van der Waals surface area contributed by atoms with Crippen LogP contribution in [0.2, 0.25) is 0 Å². The number of nitrogens with zero attached hydrogens (tertiary/aromatic N) is 1. The average molecular weight is 338 g/mol. The maximum Gasteiger partial charge on any atom is 0.232 e. The van der Waals surface area contributed by atoms with Gasteiger partial charge in [0.2, 0.25) is 11.8 Å². The fourth-order valence-electron chi connectivity index (χ4n) is 3.87. The lowest BCUT2D eigenvalue weighted by Gasteiger charge is -2.26. The van der Waals surface area contributed by atoms with Gasteiger partial charge >= 0.3 is 0 Å². The van der Waals surface area contributed by atoms with Crippen LogP contribution < -0.4 is 5.32 Å². The minimum Gasteiger partial charge on any atom is -0.336 e. The number of halogens is 1. The van der Waals surface area contributed by atoms with Gasteiger partial charge in [-0.25, -0.2) is 4.39 Å². The zero-order chi connectivity index (χ0) is 17.4. The number of hydrogen-bond donors (Lipinski definition) is 1. The first-order valence-electron chi connectivity index (χ1n) is 8.58. The Morgan fingerprint density at radius 1 is 1.16 bits per heavy atom. The summed E-state index contributed by atoms with van der Waals surface area (Å²) in [6.07, 6.45) is 1.95. The van der Waals surface area contributed by atoms with E-state index >= 15 is 0 Å². The van der Waals surface area contributed by atoms with Gasteiger partial charge in [0.05, 0.1) is 12.0 Å². The third-order valence-corrected chi connectivity index (χ3v) is 5.12. The minimum absolute atomic E-state index is 0.0244. The number of fused-ring (bicyclic) bond motifs is 1. The van der Waals surface area contributed by atoms with Crippen LogP contribution >= 0.6 is 0 Å². The van der Waals surface area contributed by atoms with E-state index in [0.29, 0.717) is 6.54 Å². The minimum atomic E-state index is -0.432. The lowest BCUT2D eigenvalue weighted by Crippen LogP contribution is -2.32. The van der Waals surface area contributed by atoms with Crippen LogP contribution in [0.15, 0.2) is 48.5 Å². The number of anilines is 1. The van der Waals surface area contributed by atoms with E-state index in [4.69, 9.17) is 0 Å². The molecule has 4 nitrogen and oxygen atoms in total. The maximum absolute atomic E-state index is 13.2. The lowest BCUT2D eigenvalue weighted by molar-refractivity contribution is -0.134. The monoisotopic (exact) mass is 338 g/mol. The van der Waals surface area contributed by atoms with Crippen molar-refractivity contribution in [2.45, 2.75) is 31.2 Å². The van der Waals surface area contributed by atoms with E-state index in [1.807, 2.05) is 29.2 Å². The fraction of sp³-hybridized carbons (Fsp3) is 0.300. The molecule has 2 aliphatic heterocycles. The van der Waals surface area contributed by atoms with Crippen LogP contribution in [0.4, 0.5) is 10.1 Å². The molecule has 0 aliphatic carbocycles. The second kappa shape index (κ2) is 6.31. The van der Waals surface area contributed by atoms with Gasteiger partial charge in [-0.05, 0) is 42.2 Å². The van der Waals surface area contributed by atoms with Gasteiger partial charge in [-0.2, -0.15) is 0 Å². The van der Waals surface area contributed by atoms with Gasteiger partial charge in [0.25, 0.3) is 0 Å². The van der Waals surface area contributed by atoms with E-state index in [1.165, 1.54) is 12.1 Å². The number of hydrogen-bond acceptors (Lipinski definition) is 2. The Labute approximate surface area is 145 Å². The largest absolute Gasteiger partial charge is 0.336 e. The van der Waals surface area contributed by atoms with Gasteiger partial charge in [0, 0.05) is 18.7 Å². The summed E-state index contributed by atoms with van der Waals surface area (Å²) in [5.41, 5.74) is 2.63. The molecule has 5 heteroatoms.